The molecule has 7 nitrogen and oxygen atoms in total. The highest BCUT2D eigenvalue weighted by molar-refractivity contribution is 5.90. The fourth-order valence-corrected chi connectivity index (χ4v) is 4.20. The van der Waals surface area contributed by atoms with Gasteiger partial charge in [0.2, 0.25) is 5.91 Å². The second kappa shape index (κ2) is 8.04. The van der Waals surface area contributed by atoms with Crippen LogP contribution in [0.1, 0.15) is 51.5 Å². The van der Waals surface area contributed by atoms with Gasteiger partial charge in [-0.05, 0) is 31.4 Å². The third-order valence-corrected chi connectivity index (χ3v) is 5.54. The number of anilines is 1. The molecule has 1 aliphatic carbocycles. The van der Waals surface area contributed by atoms with Gasteiger partial charge < -0.3 is 5.32 Å². The Kier molecular flexibility index (Phi) is 5.32. The Labute approximate surface area is 164 Å². The van der Waals surface area contributed by atoms with E-state index < -0.39 is 0 Å². The summed E-state index contributed by atoms with van der Waals surface area (Å²) in [6, 6.07) is 9.98. The molecule has 0 aliphatic heterocycles. The zero-order valence-corrected chi connectivity index (χ0v) is 16.3. The highest BCUT2D eigenvalue weighted by Crippen LogP contribution is 2.31. The van der Waals surface area contributed by atoms with Gasteiger partial charge in [0.1, 0.15) is 5.82 Å². The molecule has 1 N–H and O–H groups in total. The van der Waals surface area contributed by atoms with Gasteiger partial charge in [-0.25, -0.2) is 9.48 Å². The quantitative estimate of drug-likeness (QED) is 0.680. The number of nitrogens with one attached hydrogen (secondary N) is 1. The number of para-hydroxylation sites is 2. The molecule has 0 saturated heterocycles. The van der Waals surface area contributed by atoms with E-state index in [0.29, 0.717) is 19.1 Å². The molecule has 148 valence electrons. The summed E-state index contributed by atoms with van der Waals surface area (Å²) in [6.07, 6.45) is 7.51. The van der Waals surface area contributed by atoms with Crippen molar-refractivity contribution in [1.82, 2.24) is 18.9 Å². The number of carbonyl (C=O) groups excluding carboxylic acids is 1. The first-order valence-corrected chi connectivity index (χ1v) is 10.2. The average molecular weight is 381 g/mol. The van der Waals surface area contributed by atoms with Crippen LogP contribution < -0.4 is 11.0 Å². The number of fused-ring (bicyclic) bond motifs is 1. The van der Waals surface area contributed by atoms with Gasteiger partial charge in [0, 0.05) is 25.6 Å². The van der Waals surface area contributed by atoms with E-state index >= 15 is 0 Å². The third-order valence-electron chi connectivity index (χ3n) is 5.54. The Bertz CT molecular complexity index is 1020. The monoisotopic (exact) mass is 381 g/mol. The predicted molar refractivity (Wildman–Crippen MR) is 109 cm³/mol. The van der Waals surface area contributed by atoms with Crippen molar-refractivity contribution in [3.05, 3.63) is 47.0 Å². The van der Waals surface area contributed by atoms with Crippen LogP contribution in [0.5, 0.6) is 0 Å². The van der Waals surface area contributed by atoms with Gasteiger partial charge in [0.25, 0.3) is 0 Å². The summed E-state index contributed by atoms with van der Waals surface area (Å²) in [5, 5.41) is 7.37. The minimum Gasteiger partial charge on any atom is -0.311 e. The lowest BCUT2D eigenvalue weighted by atomic mass is 10.2. The van der Waals surface area contributed by atoms with Crippen LogP contribution in [0.4, 0.5) is 5.82 Å². The molecule has 1 aromatic carbocycles. The van der Waals surface area contributed by atoms with E-state index in [0.717, 1.165) is 36.1 Å². The number of aryl methyl sites for hydroxylation is 2. The number of nitrogens with zero attached hydrogens (tertiary/aromatic N) is 4. The van der Waals surface area contributed by atoms with E-state index in [9.17, 15) is 9.59 Å². The highest BCUT2D eigenvalue weighted by Gasteiger charge is 2.20. The predicted octanol–water partition coefficient (Wildman–Crippen LogP) is 3.55. The van der Waals surface area contributed by atoms with Crippen molar-refractivity contribution >= 4 is 22.8 Å². The molecule has 1 amide bonds. The number of carbonyl (C=O) groups is 1. The van der Waals surface area contributed by atoms with Gasteiger partial charge in [0.05, 0.1) is 23.3 Å². The summed E-state index contributed by atoms with van der Waals surface area (Å²) in [5.41, 5.74) is 1.76. The Balaban J connectivity index is 1.48. The lowest BCUT2D eigenvalue weighted by Gasteiger charge is -2.14. The smallest absolute Gasteiger partial charge is 0.311 e. The number of hydrogen-bond acceptors (Lipinski definition) is 3. The van der Waals surface area contributed by atoms with Crippen molar-refractivity contribution in [3.63, 3.8) is 0 Å². The van der Waals surface area contributed by atoms with Gasteiger partial charge >= 0.3 is 5.69 Å². The number of amides is 1. The van der Waals surface area contributed by atoms with E-state index in [-0.39, 0.29) is 18.0 Å². The first kappa shape index (κ1) is 18.5. The maximum absolute atomic E-state index is 12.8. The standard InChI is InChI=1S/C21H27N5O2/c1-2-14-24-17-9-5-6-10-18(17)25(21(24)28)15-12-20(27)23-19-11-13-22-26(19)16-7-3-4-8-16/h5-6,9-11,13,16H,2-4,7-8,12,14-15H2,1H3,(H,23,27). The van der Waals surface area contributed by atoms with Crippen molar-refractivity contribution in [2.24, 2.45) is 0 Å². The topological polar surface area (TPSA) is 73.8 Å². The molecule has 2 heterocycles. The van der Waals surface area contributed by atoms with Gasteiger partial charge in [-0.15, -0.1) is 0 Å². The van der Waals surface area contributed by atoms with Crippen molar-refractivity contribution in [3.8, 4) is 0 Å². The molecule has 28 heavy (non-hydrogen) atoms. The second-order valence-electron chi connectivity index (χ2n) is 7.47. The minimum absolute atomic E-state index is 0.0492. The highest BCUT2D eigenvalue weighted by atomic mass is 16.2. The van der Waals surface area contributed by atoms with Crippen LogP contribution >= 0.6 is 0 Å². The van der Waals surface area contributed by atoms with Crippen molar-refractivity contribution in [2.45, 2.75) is 64.6 Å². The van der Waals surface area contributed by atoms with E-state index in [2.05, 4.69) is 17.3 Å². The average Bonchev–Trinajstić information content (AvgIpc) is 3.42. The van der Waals surface area contributed by atoms with Crippen LogP contribution in [-0.4, -0.2) is 24.8 Å². The number of imidazole rings is 1. The fraction of sp³-hybridized carbons (Fsp3) is 0.476. The molecule has 2 aromatic heterocycles. The van der Waals surface area contributed by atoms with Crippen LogP contribution in [0, 0.1) is 0 Å². The van der Waals surface area contributed by atoms with E-state index in [1.807, 2.05) is 35.0 Å². The van der Waals surface area contributed by atoms with Crippen LogP contribution in [0.15, 0.2) is 41.3 Å². The largest absolute Gasteiger partial charge is 0.329 e. The molecule has 1 fully saturated rings. The van der Waals surface area contributed by atoms with Crippen LogP contribution in [0.3, 0.4) is 0 Å². The maximum atomic E-state index is 12.8. The molecule has 7 heteroatoms. The van der Waals surface area contributed by atoms with Crippen molar-refractivity contribution in [2.75, 3.05) is 5.32 Å². The summed E-state index contributed by atoms with van der Waals surface area (Å²) in [6.45, 7) is 3.10. The lowest BCUT2D eigenvalue weighted by Crippen LogP contribution is -2.26. The normalized spacial score (nSPS) is 14.8. The van der Waals surface area contributed by atoms with E-state index in [1.54, 1.807) is 15.3 Å². The minimum atomic E-state index is -0.0982. The summed E-state index contributed by atoms with van der Waals surface area (Å²) in [7, 11) is 0. The first-order valence-electron chi connectivity index (χ1n) is 10.2. The molecule has 4 rings (SSSR count). The summed E-state index contributed by atoms with van der Waals surface area (Å²) in [4.78, 5) is 25.4. The Hall–Kier alpha value is -2.83. The molecule has 3 aromatic rings. The SMILES string of the molecule is CCCn1c(=O)n(CCC(=O)Nc2ccnn2C2CCCC2)c2ccccc21. The second-order valence-corrected chi connectivity index (χ2v) is 7.47. The molecule has 0 radical (unpaired) electrons. The van der Waals surface area contributed by atoms with Crippen molar-refractivity contribution in [1.29, 1.82) is 0 Å². The Morgan fingerprint density at radius 1 is 1.11 bits per heavy atom. The molecule has 0 unspecified atom stereocenters. The third kappa shape index (κ3) is 3.48. The Morgan fingerprint density at radius 2 is 1.79 bits per heavy atom. The maximum Gasteiger partial charge on any atom is 0.329 e. The zero-order valence-electron chi connectivity index (χ0n) is 16.3. The van der Waals surface area contributed by atoms with Crippen LogP contribution in [-0.2, 0) is 17.9 Å². The van der Waals surface area contributed by atoms with Gasteiger partial charge in [-0.3, -0.25) is 13.9 Å². The van der Waals surface area contributed by atoms with Gasteiger partial charge in [-0.1, -0.05) is 31.9 Å². The number of hydrogen-bond donors (Lipinski definition) is 1. The first-order chi connectivity index (χ1) is 13.7. The fourth-order valence-electron chi connectivity index (χ4n) is 4.20. The van der Waals surface area contributed by atoms with Crippen LogP contribution in [0.2, 0.25) is 0 Å². The summed E-state index contributed by atoms with van der Waals surface area (Å²) < 4.78 is 5.44. The number of aromatic nitrogens is 4. The zero-order chi connectivity index (χ0) is 19.5. The molecule has 1 saturated carbocycles. The lowest BCUT2D eigenvalue weighted by molar-refractivity contribution is -0.116. The molecule has 1 aliphatic rings. The van der Waals surface area contributed by atoms with Gasteiger partial charge in [-0.2, -0.15) is 5.10 Å². The molecule has 0 atom stereocenters. The molecular formula is C21H27N5O2. The number of rotatable bonds is 7. The van der Waals surface area contributed by atoms with E-state index in [4.69, 9.17) is 0 Å². The molecular weight excluding hydrogens is 354 g/mol. The molecule has 0 bridgehead atoms. The Morgan fingerprint density at radius 3 is 2.46 bits per heavy atom. The van der Waals surface area contributed by atoms with Crippen LogP contribution in [0.25, 0.3) is 11.0 Å². The number of benzene rings is 1. The van der Waals surface area contributed by atoms with Crippen molar-refractivity contribution < 1.29 is 4.79 Å². The summed E-state index contributed by atoms with van der Waals surface area (Å²) >= 11 is 0. The van der Waals surface area contributed by atoms with E-state index in [1.165, 1.54) is 12.8 Å². The summed E-state index contributed by atoms with van der Waals surface area (Å²) in [5.74, 6) is 0.650. The molecule has 0 spiro atoms. The van der Waals surface area contributed by atoms with Gasteiger partial charge in [0.15, 0.2) is 0 Å².